The van der Waals surface area contributed by atoms with E-state index in [1.165, 1.54) is 0 Å². The zero-order valence-corrected chi connectivity index (χ0v) is 5.71. The van der Waals surface area contributed by atoms with Crippen LogP contribution < -0.4 is 0 Å². The van der Waals surface area contributed by atoms with Crippen LogP contribution in [0.4, 0.5) is 0 Å². The third-order valence-corrected chi connectivity index (χ3v) is 1.37. The molecule has 49 valence electrons. The molecule has 0 saturated heterocycles. The first-order valence-corrected chi connectivity index (χ1v) is 3.11. The van der Waals surface area contributed by atoms with Crippen molar-refractivity contribution in [1.29, 1.82) is 0 Å². The van der Waals surface area contributed by atoms with Crippen LogP contribution in [-0.4, -0.2) is 14.6 Å². The summed E-state index contributed by atoms with van der Waals surface area (Å²) >= 11 is 5.65. The maximum Gasteiger partial charge on any atom is 0.155 e. The molecule has 2 heterocycles. The van der Waals surface area contributed by atoms with E-state index in [-0.39, 0.29) is 0 Å². The fourth-order valence-corrected chi connectivity index (χ4v) is 0.877. The minimum Gasteiger partial charge on any atom is -0.225 e. The van der Waals surface area contributed by atoms with Gasteiger partial charge in [-0.2, -0.15) is 5.10 Å². The highest BCUT2D eigenvalue weighted by atomic mass is 35.5. The molecule has 0 spiro atoms. The summed E-state index contributed by atoms with van der Waals surface area (Å²) in [5, 5.41) is 4.52. The van der Waals surface area contributed by atoms with Crippen molar-refractivity contribution in [1.82, 2.24) is 14.6 Å². The molecule has 1 radical (unpaired) electrons. The molecule has 0 aliphatic rings. The van der Waals surface area contributed by atoms with Crippen LogP contribution in [0.25, 0.3) is 5.65 Å². The molecule has 0 aliphatic heterocycles. The maximum atomic E-state index is 5.65. The van der Waals surface area contributed by atoms with Gasteiger partial charge in [0, 0.05) is 6.07 Å². The van der Waals surface area contributed by atoms with Crippen LogP contribution in [0.1, 0.15) is 0 Å². The van der Waals surface area contributed by atoms with E-state index in [0.717, 1.165) is 0 Å². The molecule has 10 heavy (non-hydrogen) atoms. The predicted octanol–water partition coefficient (Wildman–Crippen LogP) is 1.18. The van der Waals surface area contributed by atoms with Crippen LogP contribution >= 0.6 is 11.6 Å². The molecule has 4 heteroatoms. The van der Waals surface area contributed by atoms with Gasteiger partial charge in [0.1, 0.15) is 6.20 Å². The molecule has 3 nitrogen and oxygen atoms in total. The lowest BCUT2D eigenvalue weighted by atomic mass is 10.6. The van der Waals surface area contributed by atoms with Gasteiger partial charge in [-0.05, 0) is 0 Å². The highest BCUT2D eigenvalue weighted by molar-refractivity contribution is 6.30. The standard InChI is InChI=1S/C6H3ClN3/c7-5-3-6-8-1-2-10(6)9-4-5/h2-4H. The lowest BCUT2D eigenvalue weighted by Crippen LogP contribution is -1.87. The lowest BCUT2D eigenvalue weighted by Gasteiger charge is -1.89. The Morgan fingerprint density at radius 1 is 1.60 bits per heavy atom. The van der Waals surface area contributed by atoms with E-state index in [2.05, 4.69) is 16.3 Å². The minimum absolute atomic E-state index is 0.590. The summed E-state index contributed by atoms with van der Waals surface area (Å²) < 4.78 is 1.60. The number of hydrogen-bond donors (Lipinski definition) is 0. The normalized spacial score (nSPS) is 10.5. The minimum atomic E-state index is 0.590. The van der Waals surface area contributed by atoms with E-state index in [0.29, 0.717) is 10.7 Å². The van der Waals surface area contributed by atoms with Crippen molar-refractivity contribution in [3.05, 3.63) is 29.7 Å². The van der Waals surface area contributed by atoms with Crippen LogP contribution in [0.3, 0.4) is 0 Å². The van der Waals surface area contributed by atoms with Crippen LogP contribution in [0.15, 0.2) is 18.5 Å². The molecule has 0 unspecified atom stereocenters. The van der Waals surface area contributed by atoms with Gasteiger partial charge in [0.05, 0.1) is 17.4 Å². The van der Waals surface area contributed by atoms with Gasteiger partial charge in [0.2, 0.25) is 0 Å². The molecule has 0 bridgehead atoms. The number of imidazole rings is 1. The van der Waals surface area contributed by atoms with Gasteiger partial charge in [0.25, 0.3) is 0 Å². The second-order valence-corrected chi connectivity index (χ2v) is 2.28. The third kappa shape index (κ3) is 0.752. The molecular formula is C6H3ClN3. The van der Waals surface area contributed by atoms with Crippen molar-refractivity contribution in [2.45, 2.75) is 0 Å². The SMILES string of the molecule is Clc1cnn2c[c]nc2c1. The van der Waals surface area contributed by atoms with E-state index in [1.54, 1.807) is 23.0 Å². The van der Waals surface area contributed by atoms with Gasteiger partial charge in [0.15, 0.2) is 5.65 Å². The van der Waals surface area contributed by atoms with Crippen LogP contribution in [0, 0.1) is 6.20 Å². The topological polar surface area (TPSA) is 30.2 Å². The van der Waals surface area contributed by atoms with Crippen molar-refractivity contribution in [2.75, 3.05) is 0 Å². The summed E-state index contributed by atoms with van der Waals surface area (Å²) in [7, 11) is 0. The Morgan fingerprint density at radius 3 is 3.40 bits per heavy atom. The highest BCUT2D eigenvalue weighted by Gasteiger charge is 1.93. The first-order valence-electron chi connectivity index (χ1n) is 2.73. The van der Waals surface area contributed by atoms with E-state index < -0.39 is 0 Å². The summed E-state index contributed by atoms with van der Waals surface area (Å²) in [5.41, 5.74) is 0.715. The average Bonchev–Trinajstić information content (AvgIpc) is 2.33. The van der Waals surface area contributed by atoms with Crippen molar-refractivity contribution in [3.63, 3.8) is 0 Å². The van der Waals surface area contributed by atoms with Crippen molar-refractivity contribution < 1.29 is 0 Å². The molecule has 0 amide bonds. The van der Waals surface area contributed by atoms with E-state index in [4.69, 9.17) is 11.6 Å². The molecule has 2 rings (SSSR count). The predicted molar refractivity (Wildman–Crippen MR) is 36.8 cm³/mol. The summed E-state index contributed by atoms with van der Waals surface area (Å²) in [4.78, 5) is 3.87. The smallest absolute Gasteiger partial charge is 0.155 e. The van der Waals surface area contributed by atoms with Gasteiger partial charge < -0.3 is 0 Å². The molecule has 0 N–H and O–H groups in total. The van der Waals surface area contributed by atoms with E-state index in [1.807, 2.05) is 0 Å². The van der Waals surface area contributed by atoms with Gasteiger partial charge >= 0.3 is 0 Å². The fraction of sp³-hybridized carbons (Fsp3) is 0. The van der Waals surface area contributed by atoms with Crippen molar-refractivity contribution >= 4 is 17.2 Å². The van der Waals surface area contributed by atoms with Crippen molar-refractivity contribution in [2.24, 2.45) is 0 Å². The number of halogens is 1. The van der Waals surface area contributed by atoms with Crippen LogP contribution in [-0.2, 0) is 0 Å². The third-order valence-electron chi connectivity index (χ3n) is 1.17. The van der Waals surface area contributed by atoms with Gasteiger partial charge in [-0.3, -0.25) is 0 Å². The van der Waals surface area contributed by atoms with Gasteiger partial charge in [-0.25, -0.2) is 9.50 Å². The van der Waals surface area contributed by atoms with Gasteiger partial charge in [-0.1, -0.05) is 11.6 Å². The Bertz CT molecular complexity index is 355. The van der Waals surface area contributed by atoms with Crippen molar-refractivity contribution in [3.8, 4) is 0 Å². The molecule has 0 atom stereocenters. The lowest BCUT2D eigenvalue weighted by molar-refractivity contribution is 0.936. The number of hydrogen-bond acceptors (Lipinski definition) is 2. The summed E-state index contributed by atoms with van der Waals surface area (Å²) in [6.45, 7) is 0. The Hall–Kier alpha value is -1.09. The number of rotatable bonds is 0. The Balaban J connectivity index is 2.86. The van der Waals surface area contributed by atoms with Crippen LogP contribution in [0.2, 0.25) is 5.02 Å². The molecule has 0 saturated carbocycles. The quantitative estimate of drug-likeness (QED) is 0.568. The Morgan fingerprint density at radius 2 is 2.50 bits per heavy atom. The zero-order valence-electron chi connectivity index (χ0n) is 4.95. The second kappa shape index (κ2) is 1.95. The Kier molecular flexibility index (Phi) is 1.11. The molecule has 2 aromatic heterocycles. The van der Waals surface area contributed by atoms with E-state index >= 15 is 0 Å². The number of nitrogens with zero attached hydrogens (tertiary/aromatic N) is 3. The molecule has 0 aromatic carbocycles. The summed E-state index contributed by atoms with van der Waals surface area (Å²) in [5.74, 6) is 0. The zero-order chi connectivity index (χ0) is 6.97. The monoisotopic (exact) mass is 152 g/mol. The van der Waals surface area contributed by atoms with Crippen LogP contribution in [0.5, 0.6) is 0 Å². The number of aromatic nitrogens is 3. The second-order valence-electron chi connectivity index (χ2n) is 1.85. The highest BCUT2D eigenvalue weighted by Crippen LogP contribution is 2.07. The molecule has 0 fully saturated rings. The largest absolute Gasteiger partial charge is 0.225 e. The maximum absolute atomic E-state index is 5.65. The molecular weight excluding hydrogens is 150 g/mol. The molecule has 2 aromatic rings. The summed E-state index contributed by atoms with van der Waals surface area (Å²) in [6, 6.07) is 1.73. The number of fused-ring (bicyclic) bond motifs is 1. The Labute approximate surface area is 62.3 Å². The van der Waals surface area contributed by atoms with E-state index in [9.17, 15) is 0 Å². The first kappa shape index (κ1) is 5.68. The fourth-order valence-electron chi connectivity index (χ4n) is 0.736. The average molecular weight is 153 g/mol. The molecule has 0 aliphatic carbocycles. The first-order chi connectivity index (χ1) is 4.86. The van der Waals surface area contributed by atoms with Gasteiger partial charge in [-0.15, -0.1) is 0 Å². The summed E-state index contributed by atoms with van der Waals surface area (Å²) in [6.07, 6.45) is 5.86.